The first-order valence-electron chi connectivity index (χ1n) is 8.29. The molecule has 0 fully saturated rings. The van der Waals surface area contributed by atoms with Gasteiger partial charge < -0.3 is 10.4 Å². The van der Waals surface area contributed by atoms with E-state index in [0.29, 0.717) is 0 Å². The summed E-state index contributed by atoms with van der Waals surface area (Å²) in [5.74, 6) is -2.16. The number of aromatic nitrogens is 2. The van der Waals surface area contributed by atoms with Crippen LogP contribution in [0.4, 0.5) is 13.2 Å². The maximum absolute atomic E-state index is 13.0. The number of carbonyl (C=O) groups is 1. The van der Waals surface area contributed by atoms with Crippen molar-refractivity contribution in [1.82, 2.24) is 15.3 Å². The summed E-state index contributed by atoms with van der Waals surface area (Å²) in [7, 11) is 0. The molecule has 0 aliphatic carbocycles. The van der Waals surface area contributed by atoms with Gasteiger partial charge in [-0.3, -0.25) is 14.8 Å². The molecule has 0 saturated heterocycles. The number of aliphatic hydroxyl groups is 1. The molecule has 2 aromatic heterocycles. The zero-order chi connectivity index (χ0) is 20.2. The third-order valence-corrected chi connectivity index (χ3v) is 4.29. The van der Waals surface area contributed by atoms with E-state index in [1.807, 2.05) is 5.32 Å². The van der Waals surface area contributed by atoms with Crippen molar-refractivity contribution in [1.29, 1.82) is 0 Å². The number of halogens is 3. The second-order valence-corrected chi connectivity index (χ2v) is 6.06. The molecule has 2 N–H and O–H groups in total. The molecule has 1 aromatic carbocycles. The van der Waals surface area contributed by atoms with E-state index in [4.69, 9.17) is 0 Å². The number of nitrogens with zero attached hydrogens (tertiary/aromatic N) is 2. The lowest BCUT2D eigenvalue weighted by Gasteiger charge is -2.37. The van der Waals surface area contributed by atoms with Crippen molar-refractivity contribution in [2.45, 2.75) is 17.8 Å². The second kappa shape index (κ2) is 7.77. The monoisotopic (exact) mass is 387 g/mol. The predicted octanol–water partition coefficient (Wildman–Crippen LogP) is 3.13. The fraction of sp³-hybridized carbons (Fsp3) is 0.150. The van der Waals surface area contributed by atoms with E-state index in [0.717, 1.165) is 0 Å². The van der Waals surface area contributed by atoms with Gasteiger partial charge in [0, 0.05) is 35.9 Å². The molecule has 0 bridgehead atoms. The average molecular weight is 387 g/mol. The van der Waals surface area contributed by atoms with Crippen LogP contribution in [0.15, 0.2) is 79.4 Å². The summed E-state index contributed by atoms with van der Waals surface area (Å²) in [6.45, 7) is 0. The first-order chi connectivity index (χ1) is 13.3. The first-order valence-corrected chi connectivity index (χ1v) is 8.29. The molecule has 144 valence electrons. The molecule has 1 amide bonds. The molecule has 0 aliphatic rings. The van der Waals surface area contributed by atoms with Crippen molar-refractivity contribution in [3.63, 3.8) is 0 Å². The van der Waals surface area contributed by atoms with E-state index in [1.165, 1.54) is 49.1 Å². The van der Waals surface area contributed by atoms with E-state index in [9.17, 15) is 23.1 Å². The number of pyridine rings is 2. The number of rotatable bonds is 5. The fourth-order valence-corrected chi connectivity index (χ4v) is 2.96. The summed E-state index contributed by atoms with van der Waals surface area (Å²) in [5, 5.41) is 13.7. The molecule has 0 spiro atoms. The molecule has 0 radical (unpaired) electrons. The zero-order valence-electron chi connectivity index (χ0n) is 14.5. The summed E-state index contributed by atoms with van der Waals surface area (Å²) in [5.41, 5.74) is -1.35. The van der Waals surface area contributed by atoms with E-state index in [1.54, 1.807) is 30.3 Å². The number of hydrogen-bond donors (Lipinski definition) is 2. The van der Waals surface area contributed by atoms with Crippen LogP contribution in [0.25, 0.3) is 0 Å². The SMILES string of the molecule is O=C(N[C@H](c1ccccc1)C(O)(c1cccnc1)c1cccnc1)C(F)(F)F. The Balaban J connectivity index is 2.21. The van der Waals surface area contributed by atoms with Gasteiger partial charge in [-0.1, -0.05) is 42.5 Å². The summed E-state index contributed by atoms with van der Waals surface area (Å²) in [6, 6.07) is 12.6. The Morgan fingerprint density at radius 3 is 1.86 bits per heavy atom. The van der Waals surface area contributed by atoms with E-state index in [2.05, 4.69) is 9.97 Å². The van der Waals surface area contributed by atoms with Gasteiger partial charge in [-0.2, -0.15) is 13.2 Å². The minimum atomic E-state index is -5.11. The maximum atomic E-state index is 13.0. The molecule has 2 heterocycles. The Hall–Kier alpha value is -3.26. The van der Waals surface area contributed by atoms with Gasteiger partial charge in [0.1, 0.15) is 5.60 Å². The van der Waals surface area contributed by atoms with Crippen molar-refractivity contribution >= 4 is 5.91 Å². The van der Waals surface area contributed by atoms with Crippen LogP contribution in [0.3, 0.4) is 0 Å². The third kappa shape index (κ3) is 3.86. The number of nitrogens with one attached hydrogen (secondary N) is 1. The molecule has 0 aliphatic heterocycles. The molecule has 1 atom stereocenters. The highest BCUT2D eigenvalue weighted by Crippen LogP contribution is 2.41. The van der Waals surface area contributed by atoms with Crippen LogP contribution in [0.1, 0.15) is 22.7 Å². The van der Waals surface area contributed by atoms with Crippen LogP contribution in [0.5, 0.6) is 0 Å². The van der Waals surface area contributed by atoms with Crippen LogP contribution in [-0.2, 0) is 10.4 Å². The Morgan fingerprint density at radius 1 is 0.893 bits per heavy atom. The van der Waals surface area contributed by atoms with Crippen molar-refractivity contribution in [3.8, 4) is 0 Å². The third-order valence-electron chi connectivity index (χ3n) is 4.29. The lowest BCUT2D eigenvalue weighted by Crippen LogP contribution is -2.48. The van der Waals surface area contributed by atoms with E-state index in [-0.39, 0.29) is 16.7 Å². The lowest BCUT2D eigenvalue weighted by molar-refractivity contribution is -0.176. The highest BCUT2D eigenvalue weighted by atomic mass is 19.4. The minimum Gasteiger partial charge on any atom is -0.378 e. The van der Waals surface area contributed by atoms with Crippen molar-refractivity contribution in [2.24, 2.45) is 0 Å². The normalized spacial score (nSPS) is 13.0. The molecular formula is C20H16F3N3O2. The van der Waals surface area contributed by atoms with Crippen molar-refractivity contribution < 1.29 is 23.1 Å². The smallest absolute Gasteiger partial charge is 0.378 e. The van der Waals surface area contributed by atoms with Gasteiger partial charge >= 0.3 is 12.1 Å². The second-order valence-electron chi connectivity index (χ2n) is 6.06. The number of benzene rings is 1. The molecule has 0 saturated carbocycles. The summed E-state index contributed by atoms with van der Waals surface area (Å²) < 4.78 is 39.0. The van der Waals surface area contributed by atoms with Crippen LogP contribution in [-0.4, -0.2) is 27.2 Å². The number of hydrogen-bond acceptors (Lipinski definition) is 4. The van der Waals surface area contributed by atoms with Crippen LogP contribution in [0.2, 0.25) is 0 Å². The molecule has 3 rings (SSSR count). The lowest BCUT2D eigenvalue weighted by atomic mass is 9.78. The molecule has 3 aromatic rings. The van der Waals surface area contributed by atoms with Crippen LogP contribution in [0, 0.1) is 0 Å². The molecule has 5 nitrogen and oxygen atoms in total. The minimum absolute atomic E-state index is 0.208. The first kappa shape index (κ1) is 19.5. The Kier molecular flexibility index (Phi) is 5.41. The number of alkyl halides is 3. The Morgan fingerprint density at radius 2 is 1.43 bits per heavy atom. The molecule has 0 unspecified atom stereocenters. The molecular weight excluding hydrogens is 371 g/mol. The largest absolute Gasteiger partial charge is 0.471 e. The van der Waals surface area contributed by atoms with Crippen molar-refractivity contribution in [2.75, 3.05) is 0 Å². The topological polar surface area (TPSA) is 75.1 Å². The van der Waals surface area contributed by atoms with E-state index >= 15 is 0 Å². The standard InChI is InChI=1S/C20H16F3N3O2/c21-20(22,23)18(27)26-17(14-6-2-1-3-7-14)19(28,15-8-4-10-24-12-15)16-9-5-11-25-13-16/h1-13,17,28H,(H,26,27)/t17-/m1/s1. The van der Waals surface area contributed by atoms with Gasteiger partial charge in [0.2, 0.25) is 0 Å². The van der Waals surface area contributed by atoms with Gasteiger partial charge in [-0.25, -0.2) is 0 Å². The Labute approximate surface area is 158 Å². The predicted molar refractivity (Wildman–Crippen MR) is 94.9 cm³/mol. The Bertz CT molecular complexity index is 880. The zero-order valence-corrected chi connectivity index (χ0v) is 14.5. The highest BCUT2D eigenvalue weighted by molar-refractivity contribution is 5.82. The van der Waals surface area contributed by atoms with Gasteiger partial charge in [0.15, 0.2) is 0 Å². The highest BCUT2D eigenvalue weighted by Gasteiger charge is 2.47. The number of carbonyl (C=O) groups excluding carboxylic acids is 1. The molecule has 28 heavy (non-hydrogen) atoms. The quantitative estimate of drug-likeness (QED) is 0.705. The van der Waals surface area contributed by atoms with Crippen LogP contribution >= 0.6 is 0 Å². The van der Waals surface area contributed by atoms with Crippen LogP contribution < -0.4 is 5.32 Å². The van der Waals surface area contributed by atoms with Gasteiger partial charge in [-0.15, -0.1) is 0 Å². The van der Waals surface area contributed by atoms with Crippen molar-refractivity contribution in [3.05, 3.63) is 96.1 Å². The number of amides is 1. The maximum Gasteiger partial charge on any atom is 0.471 e. The van der Waals surface area contributed by atoms with Gasteiger partial charge in [0.05, 0.1) is 6.04 Å². The fourth-order valence-electron chi connectivity index (χ4n) is 2.96. The molecule has 8 heteroatoms. The summed E-state index contributed by atoms with van der Waals surface area (Å²) in [4.78, 5) is 19.7. The summed E-state index contributed by atoms with van der Waals surface area (Å²) in [6.07, 6.45) is 0.501. The average Bonchev–Trinajstić information content (AvgIpc) is 2.72. The van der Waals surface area contributed by atoms with Gasteiger partial charge in [0.25, 0.3) is 0 Å². The summed E-state index contributed by atoms with van der Waals surface area (Å²) >= 11 is 0. The van der Waals surface area contributed by atoms with Gasteiger partial charge in [-0.05, 0) is 17.7 Å². The van der Waals surface area contributed by atoms with E-state index < -0.39 is 23.7 Å².